The van der Waals surface area contributed by atoms with E-state index in [0.29, 0.717) is 12.4 Å². The van der Waals surface area contributed by atoms with E-state index in [-0.39, 0.29) is 11.8 Å². The zero-order valence-electron chi connectivity index (χ0n) is 7.88. The molecule has 0 amide bonds. The average Bonchev–Trinajstić information content (AvgIpc) is 2.63. The Kier molecular flexibility index (Phi) is 2.95. The fourth-order valence-electron chi connectivity index (χ4n) is 1.53. The Bertz CT molecular complexity index is 326. The number of aromatic nitrogens is 3. The van der Waals surface area contributed by atoms with Gasteiger partial charge in [-0.25, -0.2) is 9.89 Å². The molecule has 6 heteroatoms. The lowest BCUT2D eigenvalue weighted by molar-refractivity contribution is 0.0179. The van der Waals surface area contributed by atoms with Gasteiger partial charge in [-0.1, -0.05) is 0 Å². The second kappa shape index (κ2) is 4.39. The van der Waals surface area contributed by atoms with Crippen molar-refractivity contribution in [2.75, 3.05) is 13.1 Å². The van der Waals surface area contributed by atoms with Crippen LogP contribution in [0.2, 0.25) is 0 Å². The number of hydrogen-bond acceptors (Lipinski definition) is 4. The lowest BCUT2D eigenvalue weighted by Gasteiger charge is -2.22. The van der Waals surface area contributed by atoms with Gasteiger partial charge in [0.05, 0.1) is 6.10 Å². The molecule has 1 fully saturated rings. The fourth-order valence-corrected chi connectivity index (χ4v) is 1.53. The number of rotatable bonds is 3. The van der Waals surface area contributed by atoms with Crippen LogP contribution < -0.4 is 11.0 Å². The number of ether oxygens (including phenoxy) is 1. The predicted octanol–water partition coefficient (Wildman–Crippen LogP) is -0.633. The Hall–Kier alpha value is -1.14. The van der Waals surface area contributed by atoms with Gasteiger partial charge in [-0.15, -0.1) is 0 Å². The van der Waals surface area contributed by atoms with Crippen LogP contribution >= 0.6 is 0 Å². The summed E-state index contributed by atoms with van der Waals surface area (Å²) in [4.78, 5) is 13.3. The van der Waals surface area contributed by atoms with Crippen LogP contribution in [0.1, 0.15) is 18.7 Å². The molecule has 0 saturated carbocycles. The quantitative estimate of drug-likeness (QED) is 0.603. The summed E-state index contributed by atoms with van der Waals surface area (Å²) in [5, 5.41) is 9.33. The van der Waals surface area contributed by atoms with Crippen molar-refractivity contribution < 1.29 is 4.74 Å². The van der Waals surface area contributed by atoms with Crippen molar-refractivity contribution in [2.45, 2.75) is 25.6 Å². The van der Waals surface area contributed by atoms with Crippen molar-refractivity contribution >= 4 is 0 Å². The van der Waals surface area contributed by atoms with Crippen LogP contribution in [0, 0.1) is 0 Å². The molecule has 0 bridgehead atoms. The third-order valence-electron chi connectivity index (χ3n) is 2.29. The first-order valence-electron chi connectivity index (χ1n) is 4.80. The molecule has 14 heavy (non-hydrogen) atoms. The monoisotopic (exact) mass is 198 g/mol. The van der Waals surface area contributed by atoms with E-state index >= 15 is 0 Å². The second-order valence-electron chi connectivity index (χ2n) is 3.38. The Labute approximate surface area is 81.1 Å². The summed E-state index contributed by atoms with van der Waals surface area (Å²) in [5.74, 6) is 0.563. The van der Waals surface area contributed by atoms with Crippen molar-refractivity contribution in [2.24, 2.45) is 0 Å². The summed E-state index contributed by atoms with van der Waals surface area (Å²) in [5.41, 5.74) is -0.283. The highest BCUT2D eigenvalue weighted by atomic mass is 16.5. The van der Waals surface area contributed by atoms with Gasteiger partial charge in [0.25, 0.3) is 0 Å². The lowest BCUT2D eigenvalue weighted by atomic mass is 10.1. The van der Waals surface area contributed by atoms with Gasteiger partial charge in [0.1, 0.15) is 6.61 Å². The van der Waals surface area contributed by atoms with Gasteiger partial charge in [0, 0.05) is 0 Å². The summed E-state index contributed by atoms with van der Waals surface area (Å²) in [6, 6.07) is 0. The molecule has 0 spiro atoms. The standard InChI is InChI=1S/C8H14N4O2/c13-8-10-7(11-12-8)5-14-6-1-3-9-4-2-6/h6,9H,1-5H2,(H2,10,11,12,13). The summed E-state index contributed by atoms with van der Waals surface area (Å²) in [6.45, 7) is 2.38. The van der Waals surface area contributed by atoms with Crippen LogP contribution in [0.3, 0.4) is 0 Å². The van der Waals surface area contributed by atoms with Crippen LogP contribution in [0.15, 0.2) is 4.79 Å². The van der Waals surface area contributed by atoms with Crippen LogP contribution in [-0.2, 0) is 11.3 Å². The predicted molar refractivity (Wildman–Crippen MR) is 49.9 cm³/mol. The highest BCUT2D eigenvalue weighted by Gasteiger charge is 2.13. The first-order chi connectivity index (χ1) is 6.84. The van der Waals surface area contributed by atoms with Crippen LogP contribution in [0.5, 0.6) is 0 Å². The largest absolute Gasteiger partial charge is 0.370 e. The molecule has 6 nitrogen and oxygen atoms in total. The average molecular weight is 198 g/mol. The van der Waals surface area contributed by atoms with E-state index in [0.717, 1.165) is 25.9 Å². The molecular formula is C8H14N4O2. The SMILES string of the molecule is O=c1[nH]nc(COC2CCNCC2)[nH]1. The zero-order chi connectivity index (χ0) is 9.80. The van der Waals surface area contributed by atoms with E-state index in [1.54, 1.807) is 0 Å². The van der Waals surface area contributed by atoms with Crippen LogP contribution in [0.4, 0.5) is 0 Å². The Morgan fingerprint density at radius 2 is 2.21 bits per heavy atom. The van der Waals surface area contributed by atoms with Crippen LogP contribution in [0.25, 0.3) is 0 Å². The summed E-state index contributed by atoms with van der Waals surface area (Å²) >= 11 is 0. The fraction of sp³-hybridized carbons (Fsp3) is 0.750. The van der Waals surface area contributed by atoms with Gasteiger partial charge < -0.3 is 10.1 Å². The minimum Gasteiger partial charge on any atom is -0.370 e. The third-order valence-corrected chi connectivity index (χ3v) is 2.29. The van der Waals surface area contributed by atoms with Crippen molar-refractivity contribution in [3.05, 3.63) is 16.3 Å². The van der Waals surface area contributed by atoms with E-state index in [1.807, 2.05) is 0 Å². The van der Waals surface area contributed by atoms with E-state index in [1.165, 1.54) is 0 Å². The Morgan fingerprint density at radius 3 is 2.86 bits per heavy atom. The van der Waals surface area contributed by atoms with E-state index in [9.17, 15) is 4.79 Å². The minimum absolute atomic E-state index is 0.283. The number of nitrogens with zero attached hydrogens (tertiary/aromatic N) is 1. The number of piperidine rings is 1. The molecule has 2 rings (SSSR count). The Morgan fingerprint density at radius 1 is 1.43 bits per heavy atom. The van der Waals surface area contributed by atoms with Crippen molar-refractivity contribution in [3.8, 4) is 0 Å². The highest BCUT2D eigenvalue weighted by molar-refractivity contribution is 4.77. The maximum absolute atomic E-state index is 10.7. The molecular weight excluding hydrogens is 184 g/mol. The lowest BCUT2D eigenvalue weighted by Crippen LogP contribution is -2.32. The van der Waals surface area contributed by atoms with Gasteiger partial charge in [-0.05, 0) is 25.9 Å². The normalized spacial score (nSPS) is 18.6. The van der Waals surface area contributed by atoms with Gasteiger partial charge in [0.15, 0.2) is 5.82 Å². The van der Waals surface area contributed by atoms with Crippen molar-refractivity contribution in [1.82, 2.24) is 20.5 Å². The van der Waals surface area contributed by atoms with Crippen molar-refractivity contribution in [3.63, 3.8) is 0 Å². The minimum atomic E-state index is -0.283. The highest BCUT2D eigenvalue weighted by Crippen LogP contribution is 2.08. The molecule has 3 N–H and O–H groups in total. The second-order valence-corrected chi connectivity index (χ2v) is 3.38. The number of nitrogens with one attached hydrogen (secondary N) is 3. The maximum atomic E-state index is 10.7. The molecule has 0 aromatic carbocycles. The van der Waals surface area contributed by atoms with Gasteiger partial charge in [-0.3, -0.25) is 4.98 Å². The van der Waals surface area contributed by atoms with Gasteiger partial charge >= 0.3 is 5.69 Å². The maximum Gasteiger partial charge on any atom is 0.340 e. The van der Waals surface area contributed by atoms with Gasteiger partial charge in [0.2, 0.25) is 0 Å². The number of H-pyrrole nitrogens is 2. The van der Waals surface area contributed by atoms with Crippen molar-refractivity contribution in [1.29, 1.82) is 0 Å². The van der Waals surface area contributed by atoms with Gasteiger partial charge in [-0.2, -0.15) is 5.10 Å². The molecule has 78 valence electrons. The van der Waals surface area contributed by atoms with Crippen LogP contribution in [-0.4, -0.2) is 34.4 Å². The Balaban J connectivity index is 1.78. The number of aromatic amines is 2. The molecule has 1 aliphatic heterocycles. The third kappa shape index (κ3) is 2.43. The topological polar surface area (TPSA) is 82.8 Å². The first-order valence-corrected chi connectivity index (χ1v) is 4.80. The van der Waals surface area contributed by atoms with E-state index in [4.69, 9.17) is 4.74 Å². The smallest absolute Gasteiger partial charge is 0.340 e. The zero-order valence-corrected chi connectivity index (χ0v) is 7.88. The molecule has 0 unspecified atom stereocenters. The molecule has 0 atom stereocenters. The summed E-state index contributed by atoms with van der Waals surface area (Å²) in [7, 11) is 0. The molecule has 1 aromatic rings. The molecule has 2 heterocycles. The molecule has 1 aromatic heterocycles. The molecule has 1 saturated heterocycles. The molecule has 0 aliphatic carbocycles. The summed E-state index contributed by atoms with van der Waals surface area (Å²) < 4.78 is 5.59. The molecule has 1 aliphatic rings. The first kappa shape index (κ1) is 9.42. The number of hydrogen-bond donors (Lipinski definition) is 3. The van der Waals surface area contributed by atoms with E-state index < -0.39 is 0 Å². The van der Waals surface area contributed by atoms with E-state index in [2.05, 4.69) is 20.5 Å². The summed E-state index contributed by atoms with van der Waals surface area (Å²) in [6.07, 6.45) is 2.33. The molecule has 0 radical (unpaired) electrons.